The van der Waals surface area contributed by atoms with Crippen LogP contribution in [0.2, 0.25) is 0 Å². The lowest BCUT2D eigenvalue weighted by Crippen LogP contribution is -2.13. The number of hydrogen-bond acceptors (Lipinski definition) is 4. The van der Waals surface area contributed by atoms with E-state index in [0.29, 0.717) is 11.8 Å². The molecule has 0 aliphatic carbocycles. The molecule has 0 atom stereocenters. The Balaban J connectivity index is 2.42. The van der Waals surface area contributed by atoms with Gasteiger partial charge in [0.15, 0.2) is 0 Å². The van der Waals surface area contributed by atoms with Crippen LogP contribution in [0.15, 0.2) is 24.3 Å². The Morgan fingerprint density at radius 3 is 2.38 bits per heavy atom. The molecule has 0 saturated carbocycles. The van der Waals surface area contributed by atoms with Crippen molar-refractivity contribution in [2.75, 3.05) is 12.4 Å². The highest BCUT2D eigenvalue weighted by atomic mass is 16.5. The van der Waals surface area contributed by atoms with Crippen molar-refractivity contribution in [3.8, 4) is 11.6 Å². The van der Waals surface area contributed by atoms with Crippen LogP contribution in [0.25, 0.3) is 0 Å². The third-order valence-electron chi connectivity index (χ3n) is 3.21. The van der Waals surface area contributed by atoms with Gasteiger partial charge in [-0.05, 0) is 25.3 Å². The molecule has 0 saturated heterocycles. The third-order valence-corrected chi connectivity index (χ3v) is 3.21. The number of hydrogen-bond donors (Lipinski definition) is 1. The number of ether oxygens (including phenoxy) is 1. The van der Waals surface area contributed by atoms with Crippen LogP contribution < -0.4 is 10.1 Å². The molecular formula is C17H23N3O. The van der Waals surface area contributed by atoms with Crippen molar-refractivity contribution < 1.29 is 4.74 Å². The number of benzene rings is 1. The molecule has 0 radical (unpaired) electrons. The lowest BCUT2D eigenvalue weighted by Gasteiger charge is -2.23. The average Bonchev–Trinajstić information content (AvgIpc) is 2.39. The van der Waals surface area contributed by atoms with Gasteiger partial charge < -0.3 is 10.1 Å². The minimum atomic E-state index is 0.00919. The number of nitrogens with one attached hydrogen (secondary N) is 1. The molecule has 0 aliphatic rings. The van der Waals surface area contributed by atoms with Gasteiger partial charge in [-0.1, -0.05) is 38.5 Å². The summed E-state index contributed by atoms with van der Waals surface area (Å²) in [7, 11) is 1.80. The van der Waals surface area contributed by atoms with Crippen molar-refractivity contribution in [1.29, 1.82) is 0 Å². The van der Waals surface area contributed by atoms with Crippen molar-refractivity contribution in [2.45, 2.75) is 40.0 Å². The van der Waals surface area contributed by atoms with Gasteiger partial charge in [-0.2, -0.15) is 4.98 Å². The van der Waals surface area contributed by atoms with Crippen LogP contribution in [0.5, 0.6) is 11.6 Å². The fraction of sp³-hybridized carbons (Fsp3) is 0.412. The summed E-state index contributed by atoms with van der Waals surface area (Å²) in [6.07, 6.45) is 0. The van der Waals surface area contributed by atoms with Crippen LogP contribution in [-0.4, -0.2) is 17.0 Å². The van der Waals surface area contributed by atoms with E-state index >= 15 is 0 Å². The molecule has 1 aromatic heterocycles. The normalized spacial score (nSPS) is 11.3. The number of aryl methyl sites for hydroxylation is 2. The van der Waals surface area contributed by atoms with Crippen molar-refractivity contribution in [1.82, 2.24) is 9.97 Å². The van der Waals surface area contributed by atoms with Crippen molar-refractivity contribution in [3.05, 3.63) is 41.1 Å². The molecule has 4 nitrogen and oxygen atoms in total. The fourth-order valence-corrected chi connectivity index (χ4v) is 2.14. The number of rotatable bonds is 3. The average molecular weight is 285 g/mol. The summed E-state index contributed by atoms with van der Waals surface area (Å²) in [5.41, 5.74) is 3.27. The predicted molar refractivity (Wildman–Crippen MR) is 86.3 cm³/mol. The Kier molecular flexibility index (Phi) is 4.16. The molecule has 2 rings (SSSR count). The van der Waals surface area contributed by atoms with Crippen molar-refractivity contribution in [3.63, 3.8) is 0 Å². The maximum Gasteiger partial charge on any atom is 0.225 e. The third kappa shape index (κ3) is 3.72. The first-order chi connectivity index (χ1) is 9.79. The molecule has 0 spiro atoms. The summed E-state index contributed by atoms with van der Waals surface area (Å²) in [5, 5.41) is 2.95. The summed E-state index contributed by atoms with van der Waals surface area (Å²) >= 11 is 0. The van der Waals surface area contributed by atoms with E-state index in [1.165, 1.54) is 11.1 Å². The van der Waals surface area contributed by atoms with E-state index in [0.717, 1.165) is 11.4 Å². The summed E-state index contributed by atoms with van der Waals surface area (Å²) in [6.45, 7) is 10.6. The molecule has 1 heterocycles. The first-order valence-electron chi connectivity index (χ1n) is 7.12. The van der Waals surface area contributed by atoms with E-state index in [2.05, 4.69) is 55.1 Å². The van der Waals surface area contributed by atoms with Crippen LogP contribution in [0.3, 0.4) is 0 Å². The van der Waals surface area contributed by atoms with Gasteiger partial charge in [0.2, 0.25) is 11.8 Å². The van der Waals surface area contributed by atoms with Gasteiger partial charge in [0.05, 0.1) is 0 Å². The van der Waals surface area contributed by atoms with E-state index in [1.54, 1.807) is 7.05 Å². The van der Waals surface area contributed by atoms with Gasteiger partial charge in [-0.3, -0.25) is 0 Å². The van der Waals surface area contributed by atoms with Gasteiger partial charge in [0.1, 0.15) is 5.75 Å². The molecule has 0 amide bonds. The van der Waals surface area contributed by atoms with E-state index in [4.69, 9.17) is 4.74 Å². The second-order valence-electron chi connectivity index (χ2n) is 6.27. The zero-order valence-electron chi connectivity index (χ0n) is 13.6. The molecule has 0 fully saturated rings. The fourth-order valence-electron chi connectivity index (χ4n) is 2.14. The maximum atomic E-state index is 6.02. The first-order valence-corrected chi connectivity index (χ1v) is 7.12. The van der Waals surface area contributed by atoms with Crippen LogP contribution >= 0.6 is 0 Å². The Hall–Kier alpha value is -2.10. The molecule has 112 valence electrons. The molecule has 21 heavy (non-hydrogen) atoms. The standard InChI is InChI=1S/C17H23N3O/c1-11-7-8-14(13(9-11)17(3,4)5)21-15-10-12(2)19-16(18-6)20-15/h7-10H,1-6H3,(H,18,19,20). The number of anilines is 1. The molecule has 0 unspecified atom stereocenters. The SMILES string of the molecule is CNc1nc(C)cc(Oc2ccc(C)cc2C(C)(C)C)n1. The minimum Gasteiger partial charge on any atom is -0.439 e. The quantitative estimate of drug-likeness (QED) is 0.917. The highest BCUT2D eigenvalue weighted by Gasteiger charge is 2.20. The zero-order chi connectivity index (χ0) is 15.6. The van der Waals surface area contributed by atoms with Crippen molar-refractivity contribution in [2.24, 2.45) is 0 Å². The van der Waals surface area contributed by atoms with E-state index < -0.39 is 0 Å². The largest absolute Gasteiger partial charge is 0.439 e. The maximum absolute atomic E-state index is 6.02. The van der Waals surface area contributed by atoms with Crippen LogP contribution in [-0.2, 0) is 5.41 Å². The smallest absolute Gasteiger partial charge is 0.225 e. The lowest BCUT2D eigenvalue weighted by molar-refractivity contribution is 0.439. The second kappa shape index (κ2) is 5.72. The molecule has 0 aliphatic heterocycles. The Labute approximate surface area is 126 Å². The van der Waals surface area contributed by atoms with Gasteiger partial charge in [-0.15, -0.1) is 0 Å². The van der Waals surface area contributed by atoms with Crippen LogP contribution in [0.4, 0.5) is 5.95 Å². The number of nitrogens with zero attached hydrogens (tertiary/aromatic N) is 2. The highest BCUT2D eigenvalue weighted by Crippen LogP contribution is 2.34. The molecule has 2 aromatic rings. The van der Waals surface area contributed by atoms with Crippen LogP contribution in [0.1, 0.15) is 37.6 Å². The van der Waals surface area contributed by atoms with Crippen molar-refractivity contribution >= 4 is 5.95 Å². The van der Waals surface area contributed by atoms with Gasteiger partial charge in [0, 0.05) is 24.4 Å². The molecule has 4 heteroatoms. The van der Waals surface area contributed by atoms with Gasteiger partial charge >= 0.3 is 0 Å². The summed E-state index contributed by atoms with van der Waals surface area (Å²) in [6, 6.07) is 8.07. The Bertz CT molecular complexity index is 645. The zero-order valence-corrected chi connectivity index (χ0v) is 13.6. The molecule has 1 N–H and O–H groups in total. The summed E-state index contributed by atoms with van der Waals surface area (Å²) in [4.78, 5) is 8.63. The van der Waals surface area contributed by atoms with E-state index in [1.807, 2.05) is 19.1 Å². The van der Waals surface area contributed by atoms with Gasteiger partial charge in [-0.25, -0.2) is 4.98 Å². The van der Waals surface area contributed by atoms with E-state index in [9.17, 15) is 0 Å². The lowest BCUT2D eigenvalue weighted by atomic mass is 9.85. The van der Waals surface area contributed by atoms with Gasteiger partial charge in [0.25, 0.3) is 0 Å². The monoisotopic (exact) mass is 285 g/mol. The second-order valence-corrected chi connectivity index (χ2v) is 6.27. The highest BCUT2D eigenvalue weighted by molar-refractivity contribution is 5.43. The van der Waals surface area contributed by atoms with Crippen LogP contribution in [0, 0.1) is 13.8 Å². The Morgan fingerprint density at radius 1 is 1.05 bits per heavy atom. The topological polar surface area (TPSA) is 47.0 Å². The molecule has 1 aromatic carbocycles. The first kappa shape index (κ1) is 15.3. The minimum absolute atomic E-state index is 0.00919. The summed E-state index contributed by atoms with van der Waals surface area (Å²) in [5.74, 6) is 1.96. The summed E-state index contributed by atoms with van der Waals surface area (Å²) < 4.78 is 6.02. The van der Waals surface area contributed by atoms with E-state index in [-0.39, 0.29) is 5.41 Å². The predicted octanol–water partition coefficient (Wildman–Crippen LogP) is 4.22. The Morgan fingerprint density at radius 2 is 1.76 bits per heavy atom. The number of aromatic nitrogens is 2. The molecular weight excluding hydrogens is 262 g/mol. The molecule has 0 bridgehead atoms.